The lowest BCUT2D eigenvalue weighted by Gasteiger charge is -2.30. The third-order valence-corrected chi connectivity index (χ3v) is 5.60. The number of carbonyl (C=O) groups is 1. The summed E-state index contributed by atoms with van der Waals surface area (Å²) in [5, 5.41) is 0. The van der Waals surface area contributed by atoms with Gasteiger partial charge in [0, 0.05) is 31.3 Å². The van der Waals surface area contributed by atoms with Crippen molar-refractivity contribution in [3.8, 4) is 28.7 Å². The molecule has 0 atom stereocenters. The summed E-state index contributed by atoms with van der Waals surface area (Å²) in [6, 6.07) is 5.40. The predicted octanol–water partition coefficient (Wildman–Crippen LogP) is 3.44. The van der Waals surface area contributed by atoms with Gasteiger partial charge in [0.25, 0.3) is 0 Å². The highest BCUT2D eigenvalue weighted by molar-refractivity contribution is 6.15. The Balaban J connectivity index is 1.67. The molecule has 0 radical (unpaired) electrons. The average Bonchev–Trinajstić information content (AvgIpc) is 3.12. The number of benzene rings is 2. The van der Waals surface area contributed by atoms with E-state index in [-0.39, 0.29) is 11.5 Å². The van der Waals surface area contributed by atoms with E-state index in [1.807, 2.05) is 13.0 Å². The Kier molecular flexibility index (Phi) is 6.25. The molecular formula is C24H27NO7. The quantitative estimate of drug-likeness (QED) is 0.605. The highest BCUT2D eigenvalue weighted by Crippen LogP contribution is 2.44. The number of fused-ring (bicyclic) bond motifs is 2. The second kappa shape index (κ2) is 9.10. The molecule has 2 aromatic carbocycles. The third kappa shape index (κ3) is 3.87. The molecule has 0 saturated heterocycles. The Morgan fingerprint density at radius 3 is 2.38 bits per heavy atom. The molecular weight excluding hydrogens is 414 g/mol. The Hall–Kier alpha value is -3.23. The lowest BCUT2D eigenvalue weighted by Crippen LogP contribution is -2.34. The molecule has 2 heterocycles. The first-order valence-electron chi connectivity index (χ1n) is 10.3. The van der Waals surface area contributed by atoms with Crippen LogP contribution < -0.4 is 23.7 Å². The fraction of sp³-hybridized carbons (Fsp3) is 0.375. The van der Waals surface area contributed by atoms with Gasteiger partial charge in [0.2, 0.25) is 11.5 Å². The topological polar surface area (TPSA) is 75.7 Å². The first-order valence-corrected chi connectivity index (χ1v) is 10.3. The molecule has 0 aliphatic carbocycles. The third-order valence-electron chi connectivity index (χ3n) is 5.60. The number of allylic oxidation sites excluding steroid dienone is 1. The molecule has 0 unspecified atom stereocenters. The molecule has 0 amide bonds. The summed E-state index contributed by atoms with van der Waals surface area (Å²) >= 11 is 0. The molecule has 0 fully saturated rings. The van der Waals surface area contributed by atoms with E-state index >= 15 is 0 Å². The van der Waals surface area contributed by atoms with Crippen LogP contribution in [0.5, 0.6) is 28.7 Å². The number of nitrogens with zero attached hydrogens (tertiary/aromatic N) is 1. The Morgan fingerprint density at radius 1 is 1.03 bits per heavy atom. The summed E-state index contributed by atoms with van der Waals surface area (Å²) in [6.45, 7) is 4.44. The monoisotopic (exact) mass is 441 g/mol. The van der Waals surface area contributed by atoms with Crippen LogP contribution in [-0.4, -0.2) is 59.0 Å². The van der Waals surface area contributed by atoms with Crippen molar-refractivity contribution >= 4 is 11.9 Å². The molecule has 2 aromatic rings. The van der Waals surface area contributed by atoms with E-state index in [0.717, 1.165) is 23.4 Å². The minimum Gasteiger partial charge on any atom is -0.493 e. The maximum atomic E-state index is 13.2. The van der Waals surface area contributed by atoms with E-state index in [0.29, 0.717) is 54.0 Å². The number of ketones is 1. The van der Waals surface area contributed by atoms with Crippen molar-refractivity contribution in [2.45, 2.75) is 13.5 Å². The van der Waals surface area contributed by atoms with Crippen LogP contribution in [0.25, 0.3) is 6.08 Å². The van der Waals surface area contributed by atoms with Crippen LogP contribution in [0.3, 0.4) is 0 Å². The van der Waals surface area contributed by atoms with Gasteiger partial charge in [-0.1, -0.05) is 0 Å². The molecule has 2 aliphatic rings. The maximum Gasteiger partial charge on any atom is 0.231 e. The largest absolute Gasteiger partial charge is 0.493 e. The van der Waals surface area contributed by atoms with E-state index in [2.05, 4.69) is 4.90 Å². The molecule has 0 bridgehead atoms. The van der Waals surface area contributed by atoms with Crippen LogP contribution in [0.4, 0.5) is 0 Å². The van der Waals surface area contributed by atoms with Crippen molar-refractivity contribution in [2.24, 2.45) is 0 Å². The first-order chi connectivity index (χ1) is 15.5. The molecule has 170 valence electrons. The number of rotatable bonds is 7. The second-order valence-corrected chi connectivity index (χ2v) is 7.58. The van der Waals surface area contributed by atoms with Crippen molar-refractivity contribution in [1.29, 1.82) is 0 Å². The summed E-state index contributed by atoms with van der Waals surface area (Å²) in [5.41, 5.74) is 3.03. The summed E-state index contributed by atoms with van der Waals surface area (Å²) in [7, 11) is 6.31. The van der Waals surface area contributed by atoms with Crippen molar-refractivity contribution in [1.82, 2.24) is 4.90 Å². The summed E-state index contributed by atoms with van der Waals surface area (Å²) in [6.07, 6.45) is 1.68. The standard InChI is InChI=1S/C24H27NO7/c1-14-22-16(12-25(13-31-22)6-7-27-2)11-17-21(26)18(32-23(14)17)8-15-9-19(28-3)24(30-5)20(10-15)29-4/h8-11H,6-7,12-13H2,1-5H3/b18-8-. The minimum absolute atomic E-state index is 0.173. The molecule has 8 nitrogen and oxygen atoms in total. The number of hydrogen-bond acceptors (Lipinski definition) is 8. The van der Waals surface area contributed by atoms with E-state index in [1.54, 1.807) is 46.6 Å². The number of hydrogen-bond donors (Lipinski definition) is 0. The summed E-state index contributed by atoms with van der Waals surface area (Å²) in [5.74, 6) is 2.86. The van der Waals surface area contributed by atoms with Gasteiger partial charge in [-0.25, -0.2) is 0 Å². The molecule has 0 aromatic heterocycles. The Labute approximate surface area is 187 Å². The molecule has 8 heteroatoms. The zero-order valence-corrected chi connectivity index (χ0v) is 18.9. The van der Waals surface area contributed by atoms with Crippen LogP contribution in [0.2, 0.25) is 0 Å². The smallest absolute Gasteiger partial charge is 0.231 e. The van der Waals surface area contributed by atoms with Crippen molar-refractivity contribution in [3.63, 3.8) is 0 Å². The van der Waals surface area contributed by atoms with Crippen molar-refractivity contribution < 1.29 is 33.2 Å². The van der Waals surface area contributed by atoms with Crippen LogP contribution in [0.15, 0.2) is 24.0 Å². The minimum atomic E-state index is -0.173. The highest BCUT2D eigenvalue weighted by Gasteiger charge is 2.33. The first kappa shape index (κ1) is 22.0. The fourth-order valence-corrected chi connectivity index (χ4v) is 4.00. The zero-order chi connectivity index (χ0) is 22.8. The van der Waals surface area contributed by atoms with Gasteiger partial charge in [0.15, 0.2) is 17.3 Å². The number of ether oxygens (including phenoxy) is 6. The Bertz CT molecular complexity index is 1050. The normalized spacial score (nSPS) is 16.3. The van der Waals surface area contributed by atoms with E-state index in [1.165, 1.54) is 0 Å². The van der Waals surface area contributed by atoms with Gasteiger partial charge < -0.3 is 28.4 Å². The predicted molar refractivity (Wildman–Crippen MR) is 118 cm³/mol. The van der Waals surface area contributed by atoms with Crippen LogP contribution in [-0.2, 0) is 11.3 Å². The van der Waals surface area contributed by atoms with Gasteiger partial charge in [-0.3, -0.25) is 9.69 Å². The average molecular weight is 441 g/mol. The lowest BCUT2D eigenvalue weighted by molar-refractivity contribution is 0.0649. The molecule has 0 spiro atoms. The second-order valence-electron chi connectivity index (χ2n) is 7.58. The van der Waals surface area contributed by atoms with Crippen LogP contribution in [0.1, 0.15) is 27.0 Å². The van der Waals surface area contributed by atoms with Crippen LogP contribution >= 0.6 is 0 Å². The summed E-state index contributed by atoms with van der Waals surface area (Å²) in [4.78, 5) is 15.3. The van der Waals surface area contributed by atoms with Crippen molar-refractivity contribution in [2.75, 3.05) is 48.3 Å². The van der Waals surface area contributed by atoms with Gasteiger partial charge in [-0.05, 0) is 36.8 Å². The zero-order valence-electron chi connectivity index (χ0n) is 18.9. The van der Waals surface area contributed by atoms with E-state index < -0.39 is 0 Å². The van der Waals surface area contributed by atoms with E-state index in [9.17, 15) is 4.79 Å². The number of methoxy groups -OCH3 is 4. The molecule has 2 aliphatic heterocycles. The van der Waals surface area contributed by atoms with Gasteiger partial charge in [-0.2, -0.15) is 0 Å². The number of Topliss-reactive ketones (excluding diaryl/α,β-unsaturated/α-hetero) is 1. The van der Waals surface area contributed by atoms with Crippen molar-refractivity contribution in [3.05, 3.63) is 46.2 Å². The van der Waals surface area contributed by atoms with Gasteiger partial charge >= 0.3 is 0 Å². The SMILES string of the molecule is COCCN1COc2c(cc3c(c2C)O/C(=C\c2cc(OC)c(OC)c(OC)c2)C3=O)C1. The van der Waals surface area contributed by atoms with E-state index in [4.69, 9.17) is 28.4 Å². The van der Waals surface area contributed by atoms with Gasteiger partial charge in [0.05, 0.1) is 33.5 Å². The molecule has 4 rings (SSSR count). The van der Waals surface area contributed by atoms with Gasteiger partial charge in [-0.15, -0.1) is 0 Å². The maximum absolute atomic E-state index is 13.2. The lowest BCUT2D eigenvalue weighted by atomic mass is 10.00. The van der Waals surface area contributed by atoms with Gasteiger partial charge in [0.1, 0.15) is 18.2 Å². The highest BCUT2D eigenvalue weighted by atomic mass is 16.5. The summed E-state index contributed by atoms with van der Waals surface area (Å²) < 4.78 is 33.3. The fourth-order valence-electron chi connectivity index (χ4n) is 4.00. The molecule has 32 heavy (non-hydrogen) atoms. The molecule has 0 saturated carbocycles. The number of carbonyl (C=O) groups excluding carboxylic acids is 1. The molecule has 0 N–H and O–H groups in total. The Morgan fingerprint density at radius 2 is 1.75 bits per heavy atom. The van der Waals surface area contributed by atoms with Crippen LogP contribution in [0, 0.1) is 6.92 Å².